The molecule has 0 radical (unpaired) electrons. The Morgan fingerprint density at radius 2 is 1.75 bits per heavy atom. The van der Waals surface area contributed by atoms with Crippen molar-refractivity contribution < 1.29 is 28.7 Å². The molecule has 0 aromatic rings. The smallest absolute Gasteiger partial charge is 0.303 e. The summed E-state index contributed by atoms with van der Waals surface area (Å²) < 4.78 is 10.5. The SMILES string of the molecule is CC(=O)OCC(=O)[C@H]1CC[C@H]2[C@@H]3CC[C@H]4C[C@H](OC(C)=O)CC[C@]4(C)[C@H]3C(=O)[C@H](Br)[C@]12C. The van der Waals surface area contributed by atoms with Crippen LogP contribution in [0.2, 0.25) is 0 Å². The second-order valence-electron chi connectivity index (χ2n) is 11.0. The Kier molecular flexibility index (Phi) is 6.36. The van der Waals surface area contributed by atoms with Crippen LogP contribution in [-0.4, -0.2) is 41.0 Å². The van der Waals surface area contributed by atoms with Gasteiger partial charge in [0.2, 0.25) is 0 Å². The van der Waals surface area contributed by atoms with E-state index in [1.54, 1.807) is 0 Å². The van der Waals surface area contributed by atoms with Crippen molar-refractivity contribution in [2.45, 2.75) is 83.6 Å². The zero-order valence-corrected chi connectivity index (χ0v) is 21.1. The van der Waals surface area contributed by atoms with Crippen molar-refractivity contribution in [1.29, 1.82) is 0 Å². The molecule has 0 saturated heterocycles. The molecule has 6 nitrogen and oxygen atoms in total. The van der Waals surface area contributed by atoms with E-state index in [1.165, 1.54) is 13.8 Å². The molecule has 178 valence electrons. The number of fused-ring (bicyclic) bond motifs is 5. The molecule has 9 atom stereocenters. The Morgan fingerprint density at radius 1 is 1.03 bits per heavy atom. The van der Waals surface area contributed by atoms with Gasteiger partial charge in [0.15, 0.2) is 11.6 Å². The standard InChI is InChI=1S/C25H35BrO6/c1-13(27)31-12-20(29)19-8-7-18-17-6-5-15-11-16(32-14(2)28)9-10-24(15,3)21(17)22(30)23(26)25(18,19)4/h15-19,21,23H,5-12H2,1-4H3/t15-,16+,17-,18-,19+,21+,23-,24-,25-/m0/s1. The van der Waals surface area contributed by atoms with Gasteiger partial charge in [-0.2, -0.15) is 0 Å². The molecule has 4 rings (SSSR count). The minimum Gasteiger partial charge on any atom is -0.463 e. The van der Waals surface area contributed by atoms with Crippen molar-refractivity contribution in [3.05, 3.63) is 0 Å². The Hall–Kier alpha value is -1.24. The molecule has 0 aliphatic heterocycles. The molecule has 0 bridgehead atoms. The lowest BCUT2D eigenvalue weighted by molar-refractivity contribution is -0.169. The predicted octanol–water partition coefficient (Wildman–Crippen LogP) is 4.26. The summed E-state index contributed by atoms with van der Waals surface area (Å²) in [7, 11) is 0. The first-order chi connectivity index (χ1) is 15.0. The van der Waals surface area contributed by atoms with Crippen LogP contribution in [0.3, 0.4) is 0 Å². The molecule has 0 aromatic carbocycles. The van der Waals surface area contributed by atoms with Gasteiger partial charge < -0.3 is 9.47 Å². The predicted molar refractivity (Wildman–Crippen MR) is 121 cm³/mol. The Balaban J connectivity index is 1.58. The number of esters is 2. The second kappa shape index (κ2) is 8.52. The molecule has 0 spiro atoms. The van der Waals surface area contributed by atoms with Crippen LogP contribution in [-0.2, 0) is 28.7 Å². The van der Waals surface area contributed by atoms with Gasteiger partial charge in [0.1, 0.15) is 12.7 Å². The third-order valence-electron chi connectivity index (χ3n) is 9.55. The summed E-state index contributed by atoms with van der Waals surface area (Å²) in [6.45, 7) is 6.94. The molecule has 0 heterocycles. The molecule has 0 amide bonds. The first kappa shape index (κ1) is 23.9. The summed E-state index contributed by atoms with van der Waals surface area (Å²) >= 11 is 3.77. The van der Waals surface area contributed by atoms with E-state index in [2.05, 4.69) is 29.8 Å². The highest BCUT2D eigenvalue weighted by atomic mass is 79.9. The molecule has 0 aromatic heterocycles. The Morgan fingerprint density at radius 3 is 2.41 bits per heavy atom. The van der Waals surface area contributed by atoms with Gasteiger partial charge in [0.25, 0.3) is 0 Å². The summed E-state index contributed by atoms with van der Waals surface area (Å²) in [5.74, 6) is 0.135. The average Bonchev–Trinajstić information content (AvgIpc) is 3.08. The number of hydrogen-bond acceptors (Lipinski definition) is 6. The van der Waals surface area contributed by atoms with Gasteiger partial charge in [-0.1, -0.05) is 29.8 Å². The molecule has 4 fully saturated rings. The van der Waals surface area contributed by atoms with Crippen LogP contribution >= 0.6 is 15.9 Å². The van der Waals surface area contributed by atoms with Gasteiger partial charge in [0.05, 0.1) is 4.83 Å². The number of Topliss-reactive ketones (excluding diaryl/α,β-unsaturated/α-hetero) is 2. The topological polar surface area (TPSA) is 86.7 Å². The fourth-order valence-electron chi connectivity index (χ4n) is 8.11. The van der Waals surface area contributed by atoms with Crippen LogP contribution in [0, 0.1) is 40.4 Å². The summed E-state index contributed by atoms with van der Waals surface area (Å²) in [6, 6.07) is 0. The van der Waals surface area contributed by atoms with Gasteiger partial charge in [-0.3, -0.25) is 19.2 Å². The number of halogens is 1. The van der Waals surface area contributed by atoms with E-state index in [-0.39, 0.29) is 58.2 Å². The molecule has 4 saturated carbocycles. The summed E-state index contributed by atoms with van der Waals surface area (Å²) in [5, 5.41) is 0. The number of alkyl halides is 1. The van der Waals surface area contributed by atoms with E-state index in [1.807, 2.05) is 0 Å². The second-order valence-corrected chi connectivity index (χ2v) is 12.0. The van der Waals surface area contributed by atoms with Crippen LogP contribution in [0.1, 0.15) is 72.6 Å². The van der Waals surface area contributed by atoms with Crippen LogP contribution in [0.5, 0.6) is 0 Å². The fraction of sp³-hybridized carbons (Fsp3) is 0.840. The first-order valence-electron chi connectivity index (χ1n) is 12.0. The molecule has 0 N–H and O–H groups in total. The lowest BCUT2D eigenvalue weighted by atomic mass is 9.44. The van der Waals surface area contributed by atoms with E-state index < -0.39 is 11.4 Å². The van der Waals surface area contributed by atoms with Gasteiger partial charge in [-0.25, -0.2) is 0 Å². The molecule has 32 heavy (non-hydrogen) atoms. The van der Waals surface area contributed by atoms with Crippen molar-refractivity contribution in [3.63, 3.8) is 0 Å². The quantitative estimate of drug-likeness (QED) is 0.414. The fourth-order valence-corrected chi connectivity index (χ4v) is 9.05. The van der Waals surface area contributed by atoms with Crippen LogP contribution in [0.25, 0.3) is 0 Å². The highest BCUT2D eigenvalue weighted by molar-refractivity contribution is 9.10. The molecule has 0 unspecified atom stereocenters. The summed E-state index contributed by atoms with van der Waals surface area (Å²) in [6.07, 6.45) is 6.19. The number of carbonyl (C=O) groups is 4. The van der Waals surface area contributed by atoms with Crippen molar-refractivity contribution >= 4 is 39.4 Å². The maximum Gasteiger partial charge on any atom is 0.303 e. The van der Waals surface area contributed by atoms with Crippen molar-refractivity contribution in [3.8, 4) is 0 Å². The zero-order chi connectivity index (χ0) is 23.4. The van der Waals surface area contributed by atoms with Crippen LogP contribution < -0.4 is 0 Å². The molecular formula is C25H35BrO6. The number of carbonyl (C=O) groups excluding carboxylic acids is 4. The summed E-state index contributed by atoms with van der Waals surface area (Å²) in [4.78, 5) is 49.2. The minimum atomic E-state index is -0.455. The third kappa shape index (κ3) is 3.67. The number of ether oxygens (including phenoxy) is 2. The molecule has 4 aliphatic carbocycles. The lowest BCUT2D eigenvalue weighted by Gasteiger charge is -2.61. The first-order valence-corrected chi connectivity index (χ1v) is 12.9. The number of ketones is 2. The monoisotopic (exact) mass is 510 g/mol. The number of hydrogen-bond donors (Lipinski definition) is 0. The van der Waals surface area contributed by atoms with Gasteiger partial charge in [0, 0.05) is 25.7 Å². The van der Waals surface area contributed by atoms with E-state index in [0.29, 0.717) is 11.8 Å². The molecule has 7 heteroatoms. The number of rotatable bonds is 4. The maximum absolute atomic E-state index is 13.9. The van der Waals surface area contributed by atoms with Crippen molar-refractivity contribution in [2.24, 2.45) is 40.4 Å². The minimum absolute atomic E-state index is 0.0238. The van der Waals surface area contributed by atoms with E-state index in [4.69, 9.17) is 9.47 Å². The highest BCUT2D eigenvalue weighted by Gasteiger charge is 2.67. The largest absolute Gasteiger partial charge is 0.463 e. The Bertz CT molecular complexity index is 825. The maximum atomic E-state index is 13.9. The van der Waals surface area contributed by atoms with Gasteiger partial charge in [-0.15, -0.1) is 0 Å². The molecule has 4 aliphatic rings. The van der Waals surface area contributed by atoms with Gasteiger partial charge in [-0.05, 0) is 73.5 Å². The summed E-state index contributed by atoms with van der Waals surface area (Å²) in [5.41, 5.74) is -0.544. The van der Waals surface area contributed by atoms with E-state index in [9.17, 15) is 19.2 Å². The van der Waals surface area contributed by atoms with Crippen LogP contribution in [0.4, 0.5) is 0 Å². The van der Waals surface area contributed by atoms with Crippen molar-refractivity contribution in [2.75, 3.05) is 6.61 Å². The molecular weight excluding hydrogens is 476 g/mol. The third-order valence-corrected chi connectivity index (χ3v) is 11.0. The van der Waals surface area contributed by atoms with Crippen LogP contribution in [0.15, 0.2) is 0 Å². The average molecular weight is 511 g/mol. The highest BCUT2D eigenvalue weighted by Crippen LogP contribution is 2.67. The van der Waals surface area contributed by atoms with Gasteiger partial charge >= 0.3 is 11.9 Å². The van der Waals surface area contributed by atoms with E-state index in [0.717, 1.165) is 44.9 Å². The normalized spacial score (nSPS) is 45.3. The Labute approximate surface area is 198 Å². The van der Waals surface area contributed by atoms with Crippen molar-refractivity contribution in [1.82, 2.24) is 0 Å². The lowest BCUT2D eigenvalue weighted by Crippen LogP contribution is -2.62. The van der Waals surface area contributed by atoms with E-state index >= 15 is 0 Å². The zero-order valence-electron chi connectivity index (χ0n) is 19.5.